The fourth-order valence-corrected chi connectivity index (χ4v) is 19.9. The van der Waals surface area contributed by atoms with E-state index in [0.29, 0.717) is 22.2 Å². The first kappa shape index (κ1) is 62.6. The normalized spacial score (nSPS) is 35.6. The first-order chi connectivity index (χ1) is 37.2. The van der Waals surface area contributed by atoms with E-state index in [1.807, 2.05) is 36.7 Å². The van der Waals surface area contributed by atoms with Gasteiger partial charge in [-0.1, -0.05) is 131 Å². The predicted octanol–water partition coefficient (Wildman–Crippen LogP) is 9.82. The van der Waals surface area contributed by atoms with Crippen LogP contribution >= 0.6 is 0 Å². The van der Waals surface area contributed by atoms with E-state index in [0.717, 1.165) is 110 Å². The number of ether oxygens (including phenoxy) is 2. The van der Waals surface area contributed by atoms with Gasteiger partial charge in [0.1, 0.15) is 23.6 Å². The van der Waals surface area contributed by atoms with Crippen LogP contribution in [0.2, 0.25) is 0 Å². The average molecular weight is 1140 g/mol. The summed E-state index contributed by atoms with van der Waals surface area (Å²) < 4.78 is 16.0. The number of rotatable bonds is 18. The fourth-order valence-electron chi connectivity index (χ4n) is 19.9. The number of fused-ring (bicyclic) bond motifs is 10. The highest BCUT2D eigenvalue weighted by Crippen LogP contribution is 2.69. The second-order valence-corrected chi connectivity index (χ2v) is 29.4. The minimum atomic E-state index is -0.416. The van der Waals surface area contributed by atoms with Gasteiger partial charge in [0.25, 0.3) is 0 Å². The SMILES string of the molecule is CC(C)CCC[C@@H](C)[C@H]1CC[C@H]2[C@@H]3CC=C4C[C@@H](OC(=O)C[n+]5cccc(NC(=O)Nc6ccc[n+](CC(=O)O[C@H]7CC[C@@]8(C)C(=CC[C@H]9[C@@H]%10CC[C@H]([C@H](C)CCCC(C)C)[C@@]%10(C)CC[C@@H]98)C7)c6)c5)CC[C@]4(C)[C@H]3CC[C@]12C.[Cl-].[Cl-]. The lowest BCUT2D eigenvalue weighted by Crippen LogP contribution is -3.00. The first-order valence-electron chi connectivity index (χ1n) is 32.1. The molecule has 8 aliphatic carbocycles. The van der Waals surface area contributed by atoms with Gasteiger partial charge in [0.15, 0.2) is 24.8 Å². The molecule has 0 bridgehead atoms. The molecule has 8 aliphatic rings. The van der Waals surface area contributed by atoms with Crippen LogP contribution in [0.1, 0.15) is 210 Å². The average Bonchev–Trinajstić information content (AvgIpc) is 3.85. The van der Waals surface area contributed by atoms with Crippen molar-refractivity contribution < 1.29 is 57.8 Å². The minimum Gasteiger partial charge on any atom is -1.00 e. The summed E-state index contributed by atoms with van der Waals surface area (Å²) in [6, 6.07) is 6.86. The standard InChI is InChI=1S/C69H103N4O5.2ClH/c1-45(2)15-11-17-47(5)57-25-27-59-55-23-21-49-39-53(29-33-66(49,7)61(55)31-35-68(57,59)9)77-63(74)43-72-37-13-19-51(41-72)70-65(76)71-52-20-14-38-73(42-52)44-64(75)78-54-30-34-67(8)50(40-54)22-24-56-60-28-26-58(48(6)18-12-16-46(3)4)69(60,10)36-32-62(56)67;;/h13-14,19-22,37-38,41-42,45-48,53-62H,11-12,15-18,23-36,39-40,43-44H2,1-10H3,(H-,70,71,76);2*1H/q+1;;/p-1/t47-,48-,53+,54+,55+,56+,57-,58-,59+,60+,61+,62+,66+,67+,68-,69-;;/m1../s1. The Bertz CT molecular complexity index is 2380. The Hall–Kier alpha value is -3.43. The lowest BCUT2D eigenvalue weighted by molar-refractivity contribution is -0.685. The zero-order valence-electron chi connectivity index (χ0n) is 51.0. The topological polar surface area (TPSA) is 101 Å². The molecule has 9 nitrogen and oxygen atoms in total. The van der Waals surface area contributed by atoms with E-state index in [9.17, 15) is 14.4 Å². The number of pyridine rings is 2. The molecule has 0 aliphatic heterocycles. The molecular weight excluding hydrogens is 1040 g/mol. The molecule has 80 heavy (non-hydrogen) atoms. The van der Waals surface area contributed by atoms with Crippen LogP contribution in [0.5, 0.6) is 0 Å². The molecule has 2 N–H and O–H groups in total. The molecule has 0 spiro atoms. The molecule has 6 saturated carbocycles. The number of allylic oxidation sites excluding steroid dienone is 2. The summed E-state index contributed by atoms with van der Waals surface area (Å²) in [6.45, 7) is 25.1. The Labute approximate surface area is 496 Å². The van der Waals surface area contributed by atoms with Crippen LogP contribution in [0.3, 0.4) is 0 Å². The number of halogens is 2. The van der Waals surface area contributed by atoms with Gasteiger partial charge in [-0.25, -0.2) is 14.4 Å². The summed E-state index contributed by atoms with van der Waals surface area (Å²) in [5.74, 6) is 9.15. The maximum atomic E-state index is 13.5. The third-order valence-electron chi connectivity index (χ3n) is 24.0. The Morgan fingerprint density at radius 2 is 0.963 bits per heavy atom. The van der Waals surface area contributed by atoms with Crippen molar-refractivity contribution in [3.05, 3.63) is 72.4 Å². The number of esters is 2. The van der Waals surface area contributed by atoms with E-state index in [1.54, 1.807) is 21.5 Å². The second kappa shape index (κ2) is 25.8. The number of hydrogen-bond donors (Lipinski definition) is 2. The highest BCUT2D eigenvalue weighted by Gasteiger charge is 2.61. The molecule has 2 heterocycles. The van der Waals surface area contributed by atoms with Gasteiger partial charge in [0.2, 0.25) is 13.1 Å². The monoisotopic (exact) mass is 1140 g/mol. The van der Waals surface area contributed by atoms with Gasteiger partial charge in [-0.2, -0.15) is 9.13 Å². The van der Waals surface area contributed by atoms with Crippen molar-refractivity contribution in [2.45, 2.75) is 236 Å². The molecule has 16 atom stereocenters. The molecule has 0 radical (unpaired) electrons. The van der Waals surface area contributed by atoms with Gasteiger partial charge < -0.3 is 44.9 Å². The molecular formula is C69H104Cl2N4O5. The smallest absolute Gasteiger partial charge is 0.372 e. The van der Waals surface area contributed by atoms with Crippen molar-refractivity contribution in [1.82, 2.24) is 0 Å². The van der Waals surface area contributed by atoms with Crippen LogP contribution in [0.15, 0.2) is 72.4 Å². The van der Waals surface area contributed by atoms with E-state index in [1.165, 1.54) is 114 Å². The van der Waals surface area contributed by atoms with Gasteiger partial charge in [-0.15, -0.1) is 0 Å². The van der Waals surface area contributed by atoms with Crippen LogP contribution in [-0.4, -0.2) is 30.2 Å². The van der Waals surface area contributed by atoms with Crippen molar-refractivity contribution in [1.29, 1.82) is 0 Å². The van der Waals surface area contributed by atoms with Crippen LogP contribution in [0.25, 0.3) is 0 Å². The molecule has 0 aromatic carbocycles. The van der Waals surface area contributed by atoms with Crippen LogP contribution in [0.4, 0.5) is 16.2 Å². The van der Waals surface area contributed by atoms with E-state index >= 15 is 0 Å². The van der Waals surface area contributed by atoms with Crippen molar-refractivity contribution >= 4 is 29.3 Å². The number of amides is 2. The van der Waals surface area contributed by atoms with Gasteiger partial charge in [0, 0.05) is 25.0 Å². The van der Waals surface area contributed by atoms with E-state index in [-0.39, 0.29) is 72.9 Å². The Morgan fingerprint density at radius 3 is 1.36 bits per heavy atom. The maximum absolute atomic E-state index is 13.5. The van der Waals surface area contributed by atoms with Crippen molar-refractivity contribution in [2.75, 3.05) is 10.6 Å². The Morgan fingerprint density at radius 1 is 0.550 bits per heavy atom. The summed E-state index contributed by atoms with van der Waals surface area (Å²) in [7, 11) is 0. The van der Waals surface area contributed by atoms with Gasteiger partial charge in [-0.3, -0.25) is 0 Å². The quantitative estimate of drug-likeness (QED) is 0.0880. The zero-order valence-corrected chi connectivity index (χ0v) is 52.5. The molecule has 11 heteroatoms. The van der Waals surface area contributed by atoms with E-state index in [2.05, 4.69) is 92.0 Å². The number of carbonyl (C=O) groups excluding carboxylic acids is 3. The minimum absolute atomic E-state index is 0. The van der Waals surface area contributed by atoms with Gasteiger partial charge in [0.05, 0.1) is 0 Å². The van der Waals surface area contributed by atoms with E-state index < -0.39 is 6.03 Å². The van der Waals surface area contributed by atoms with E-state index in [4.69, 9.17) is 9.47 Å². The predicted molar refractivity (Wildman–Crippen MR) is 312 cm³/mol. The Kier molecular flexibility index (Phi) is 20.2. The lowest BCUT2D eigenvalue weighted by atomic mass is 9.47. The number of hydrogen-bond acceptors (Lipinski definition) is 5. The highest BCUT2D eigenvalue weighted by atomic mass is 35.5. The van der Waals surface area contributed by atoms with Crippen molar-refractivity contribution in [3.63, 3.8) is 0 Å². The number of anilines is 2. The molecule has 2 aromatic heterocycles. The number of carbonyl (C=O) groups is 3. The largest absolute Gasteiger partial charge is 1.00 e. The van der Waals surface area contributed by atoms with Crippen molar-refractivity contribution in [3.8, 4) is 0 Å². The molecule has 0 saturated heterocycles. The molecule has 2 aromatic rings. The van der Waals surface area contributed by atoms with Crippen LogP contribution in [0, 0.1) is 92.7 Å². The van der Waals surface area contributed by atoms with Crippen LogP contribution < -0.4 is 44.6 Å². The summed E-state index contributed by atoms with van der Waals surface area (Å²) in [6.07, 6.45) is 39.5. The molecule has 10 rings (SSSR count). The lowest BCUT2D eigenvalue weighted by Gasteiger charge is -2.58. The second-order valence-electron chi connectivity index (χ2n) is 29.4. The summed E-state index contributed by atoms with van der Waals surface area (Å²) in [5, 5.41) is 5.86. The number of aromatic nitrogens is 2. The number of nitrogens with zero attached hydrogens (tertiary/aromatic N) is 2. The van der Waals surface area contributed by atoms with Gasteiger partial charge in [-0.05, 0) is 195 Å². The fraction of sp³-hybridized carbons (Fsp3) is 0.754. The third kappa shape index (κ3) is 12.9. The number of urea groups is 1. The highest BCUT2D eigenvalue weighted by molar-refractivity contribution is 5.99. The number of nitrogens with one attached hydrogen (secondary N) is 2. The molecule has 2 amide bonds. The summed E-state index contributed by atoms with van der Waals surface area (Å²) in [5.41, 5.74) is 5.54. The zero-order chi connectivity index (χ0) is 55.1. The maximum Gasteiger partial charge on any atom is 0.372 e. The summed E-state index contributed by atoms with van der Waals surface area (Å²) in [4.78, 5) is 40.3. The van der Waals surface area contributed by atoms with Crippen LogP contribution in [-0.2, 0) is 32.2 Å². The molecule has 0 unspecified atom stereocenters. The Balaban J connectivity index is 0.00000420. The molecule has 444 valence electrons. The third-order valence-corrected chi connectivity index (χ3v) is 24.0. The molecule has 6 fully saturated rings. The summed E-state index contributed by atoms with van der Waals surface area (Å²) >= 11 is 0. The van der Waals surface area contributed by atoms with Crippen molar-refractivity contribution in [2.24, 2.45) is 92.7 Å². The first-order valence-corrected chi connectivity index (χ1v) is 32.1. The van der Waals surface area contributed by atoms with Gasteiger partial charge >= 0.3 is 18.0 Å².